The number of aryl methyl sites for hydroxylation is 3. The summed E-state index contributed by atoms with van der Waals surface area (Å²) in [5, 5.41) is 15.3. The van der Waals surface area contributed by atoms with E-state index >= 15 is 0 Å². The molecule has 1 saturated heterocycles. The van der Waals surface area contributed by atoms with Crippen LogP contribution in [0.5, 0.6) is 0 Å². The minimum absolute atomic E-state index is 0.171. The second-order valence-electron chi connectivity index (χ2n) is 9.26. The Morgan fingerprint density at radius 2 is 1.79 bits per heavy atom. The van der Waals surface area contributed by atoms with Crippen LogP contribution in [-0.4, -0.2) is 34.1 Å². The molecule has 0 saturated carbocycles. The highest BCUT2D eigenvalue weighted by Crippen LogP contribution is 2.31. The van der Waals surface area contributed by atoms with Crippen LogP contribution < -0.4 is 10.6 Å². The number of hydrogen-bond acceptors (Lipinski definition) is 6. The molecule has 1 aliphatic heterocycles. The zero-order chi connectivity index (χ0) is 23.7. The van der Waals surface area contributed by atoms with Gasteiger partial charge in [0, 0.05) is 17.7 Å². The second kappa shape index (κ2) is 9.31. The van der Waals surface area contributed by atoms with E-state index in [9.17, 15) is 4.79 Å². The third-order valence-corrected chi connectivity index (χ3v) is 6.60. The van der Waals surface area contributed by atoms with Gasteiger partial charge in [0.1, 0.15) is 5.52 Å². The molecule has 0 amide bonds. The number of fused-ring (bicyclic) bond motifs is 1. The highest BCUT2D eigenvalue weighted by Gasteiger charge is 2.19. The molecule has 2 heterocycles. The largest absolute Gasteiger partial charge is 0.323 e. The van der Waals surface area contributed by atoms with Crippen molar-refractivity contribution >= 4 is 28.5 Å². The van der Waals surface area contributed by atoms with E-state index in [2.05, 4.69) is 71.9 Å². The van der Waals surface area contributed by atoms with Gasteiger partial charge in [-0.05, 0) is 98.3 Å². The van der Waals surface area contributed by atoms with Crippen molar-refractivity contribution in [1.29, 1.82) is 0 Å². The molecule has 0 bridgehead atoms. The number of carbonyl (C=O) groups excluding carboxylic acids is 1. The van der Waals surface area contributed by atoms with Gasteiger partial charge in [-0.3, -0.25) is 4.79 Å². The molecule has 0 spiro atoms. The van der Waals surface area contributed by atoms with E-state index < -0.39 is 0 Å². The molecule has 4 aromatic rings. The molecular formula is C28H29N5O. The highest BCUT2D eigenvalue weighted by molar-refractivity contribution is 5.97. The van der Waals surface area contributed by atoms with Crippen LogP contribution in [0, 0.1) is 26.7 Å². The fourth-order valence-corrected chi connectivity index (χ4v) is 4.85. The maximum absolute atomic E-state index is 12.7. The fraction of sp³-hybridized carbons (Fsp3) is 0.286. The van der Waals surface area contributed by atoms with Crippen molar-refractivity contribution in [3.8, 4) is 11.1 Å². The molecule has 34 heavy (non-hydrogen) atoms. The van der Waals surface area contributed by atoms with E-state index in [0.29, 0.717) is 23.9 Å². The minimum Gasteiger partial charge on any atom is -0.323 e. The molecule has 1 aromatic heterocycles. The summed E-state index contributed by atoms with van der Waals surface area (Å²) in [7, 11) is 0. The fourth-order valence-electron chi connectivity index (χ4n) is 4.85. The van der Waals surface area contributed by atoms with E-state index in [1.165, 1.54) is 16.7 Å². The smallest absolute Gasteiger partial charge is 0.247 e. The van der Waals surface area contributed by atoms with Gasteiger partial charge in [0.15, 0.2) is 5.78 Å². The molecule has 6 heteroatoms. The molecule has 1 aliphatic rings. The van der Waals surface area contributed by atoms with Crippen molar-refractivity contribution in [2.45, 2.75) is 33.6 Å². The number of nitrogens with one attached hydrogen (secondary N) is 2. The minimum atomic E-state index is 0.171. The zero-order valence-electron chi connectivity index (χ0n) is 19.9. The van der Waals surface area contributed by atoms with Gasteiger partial charge < -0.3 is 10.6 Å². The normalized spacial score (nSPS) is 15.6. The first-order valence-electron chi connectivity index (χ1n) is 11.8. The topological polar surface area (TPSA) is 79.8 Å². The number of benzene rings is 3. The van der Waals surface area contributed by atoms with Crippen LogP contribution >= 0.6 is 0 Å². The van der Waals surface area contributed by atoms with E-state index in [1.807, 2.05) is 24.3 Å². The molecular weight excluding hydrogens is 422 g/mol. The summed E-state index contributed by atoms with van der Waals surface area (Å²) < 4.78 is 0. The quantitative estimate of drug-likeness (QED) is 0.375. The Morgan fingerprint density at radius 3 is 2.56 bits per heavy atom. The average molecular weight is 452 g/mol. The Labute approximate surface area is 199 Å². The first kappa shape index (κ1) is 22.2. The summed E-state index contributed by atoms with van der Waals surface area (Å²) in [4.78, 5) is 17.5. The third kappa shape index (κ3) is 4.54. The van der Waals surface area contributed by atoms with Gasteiger partial charge in [-0.25, -0.2) is 4.98 Å². The van der Waals surface area contributed by atoms with Crippen molar-refractivity contribution in [1.82, 2.24) is 20.5 Å². The number of nitrogens with zero attached hydrogens (tertiary/aromatic N) is 3. The van der Waals surface area contributed by atoms with Gasteiger partial charge in [-0.15, -0.1) is 10.2 Å². The maximum atomic E-state index is 12.7. The maximum Gasteiger partial charge on any atom is 0.247 e. The SMILES string of the molecule is Cc1cccc(C)c1-c1cc(C)c2nc(Nc3cccc(C(=O)C[C@@H]4CCNC4)c3)nnc2c1. The van der Waals surface area contributed by atoms with Gasteiger partial charge in [0.05, 0.1) is 5.52 Å². The number of aromatic nitrogens is 3. The Bertz CT molecular complexity index is 1350. The lowest BCUT2D eigenvalue weighted by Gasteiger charge is -2.13. The number of rotatable bonds is 6. The summed E-state index contributed by atoms with van der Waals surface area (Å²) in [6, 6.07) is 18.1. The number of anilines is 2. The summed E-state index contributed by atoms with van der Waals surface area (Å²) >= 11 is 0. The average Bonchev–Trinajstić information content (AvgIpc) is 3.33. The van der Waals surface area contributed by atoms with Crippen LogP contribution in [0.15, 0.2) is 54.6 Å². The predicted octanol–water partition coefficient (Wildman–Crippen LogP) is 5.54. The summed E-state index contributed by atoms with van der Waals surface area (Å²) in [5.74, 6) is 1.01. The summed E-state index contributed by atoms with van der Waals surface area (Å²) in [5.41, 5.74) is 8.93. The molecule has 1 atom stereocenters. The van der Waals surface area contributed by atoms with Crippen molar-refractivity contribution in [3.05, 3.63) is 76.9 Å². The standard InChI is InChI=1S/C28H29N5O/c1-17-6-4-7-18(2)26(17)22-12-19(3)27-24(15-22)32-33-28(31-27)30-23-9-5-8-21(14-23)25(34)13-20-10-11-29-16-20/h4-9,12,14-15,20,29H,10-11,13,16H2,1-3H3,(H,30,31,33)/t20-/m0/s1. The number of carbonyl (C=O) groups is 1. The van der Waals surface area contributed by atoms with Crippen LogP contribution in [0.4, 0.5) is 11.6 Å². The zero-order valence-corrected chi connectivity index (χ0v) is 19.9. The Morgan fingerprint density at radius 1 is 1.00 bits per heavy atom. The summed E-state index contributed by atoms with van der Waals surface area (Å²) in [6.07, 6.45) is 1.64. The molecule has 172 valence electrons. The third-order valence-electron chi connectivity index (χ3n) is 6.60. The number of Topliss-reactive ketones (excluding diaryl/α,β-unsaturated/α-hetero) is 1. The monoisotopic (exact) mass is 451 g/mol. The van der Waals surface area contributed by atoms with Crippen molar-refractivity contribution in [2.24, 2.45) is 5.92 Å². The molecule has 2 N–H and O–H groups in total. The van der Waals surface area contributed by atoms with Crippen LogP contribution in [0.25, 0.3) is 22.2 Å². The van der Waals surface area contributed by atoms with Gasteiger partial charge in [0.2, 0.25) is 5.95 Å². The van der Waals surface area contributed by atoms with Crippen LogP contribution in [0.3, 0.4) is 0 Å². The molecule has 0 radical (unpaired) electrons. The van der Waals surface area contributed by atoms with Crippen molar-refractivity contribution < 1.29 is 4.79 Å². The lowest BCUT2D eigenvalue weighted by Crippen LogP contribution is -2.13. The van der Waals surface area contributed by atoms with Crippen LogP contribution in [-0.2, 0) is 0 Å². The predicted molar refractivity (Wildman–Crippen MR) is 137 cm³/mol. The first-order chi connectivity index (χ1) is 16.5. The lowest BCUT2D eigenvalue weighted by molar-refractivity contribution is 0.0964. The van der Waals surface area contributed by atoms with E-state index in [0.717, 1.165) is 47.4 Å². The van der Waals surface area contributed by atoms with E-state index in [1.54, 1.807) is 0 Å². The Balaban J connectivity index is 1.40. The van der Waals surface area contributed by atoms with Crippen LogP contribution in [0.2, 0.25) is 0 Å². The summed E-state index contributed by atoms with van der Waals surface area (Å²) in [6.45, 7) is 8.22. The number of hydrogen-bond donors (Lipinski definition) is 2. The first-order valence-corrected chi connectivity index (χ1v) is 11.8. The van der Waals surface area contributed by atoms with Gasteiger partial charge in [-0.1, -0.05) is 30.3 Å². The second-order valence-corrected chi connectivity index (χ2v) is 9.26. The van der Waals surface area contributed by atoms with Gasteiger partial charge >= 0.3 is 0 Å². The highest BCUT2D eigenvalue weighted by atomic mass is 16.1. The van der Waals surface area contributed by atoms with Gasteiger partial charge in [-0.2, -0.15) is 0 Å². The molecule has 3 aromatic carbocycles. The molecule has 1 fully saturated rings. The van der Waals surface area contributed by atoms with Gasteiger partial charge in [0.25, 0.3) is 0 Å². The molecule has 6 nitrogen and oxygen atoms in total. The Kier molecular flexibility index (Phi) is 6.07. The molecule has 0 aliphatic carbocycles. The lowest BCUT2D eigenvalue weighted by atomic mass is 9.94. The number of ketones is 1. The van der Waals surface area contributed by atoms with E-state index in [-0.39, 0.29) is 5.78 Å². The Hall–Kier alpha value is -3.64. The van der Waals surface area contributed by atoms with Crippen molar-refractivity contribution in [2.75, 3.05) is 18.4 Å². The van der Waals surface area contributed by atoms with E-state index in [4.69, 9.17) is 4.98 Å². The van der Waals surface area contributed by atoms with Crippen LogP contribution in [0.1, 0.15) is 39.9 Å². The van der Waals surface area contributed by atoms with Crippen molar-refractivity contribution in [3.63, 3.8) is 0 Å². The molecule has 5 rings (SSSR count). The molecule has 0 unspecified atom stereocenters.